The molecule has 4 rings (SSSR count). The fraction of sp³-hybridized carbons (Fsp3) is 0.400. The summed E-state index contributed by atoms with van der Waals surface area (Å²) in [6.07, 6.45) is 4.79. The summed E-state index contributed by atoms with van der Waals surface area (Å²) in [6, 6.07) is 16.2. The molecule has 5 heteroatoms. The quantitative estimate of drug-likeness (QED) is 0.660. The molecule has 0 saturated carbocycles. The number of rotatable bonds is 6. The maximum absolute atomic E-state index is 11.7. The molecule has 2 aliphatic rings. The van der Waals surface area contributed by atoms with E-state index in [-0.39, 0.29) is 12.8 Å². The van der Waals surface area contributed by atoms with Gasteiger partial charge in [-0.25, -0.2) is 0 Å². The minimum absolute atomic E-state index is 0.0748. The Balaban J connectivity index is 1.47. The molecule has 2 heterocycles. The van der Waals surface area contributed by atoms with E-state index in [4.69, 9.17) is 14.2 Å². The van der Waals surface area contributed by atoms with Gasteiger partial charge < -0.3 is 19.1 Å². The van der Waals surface area contributed by atoms with Gasteiger partial charge in [-0.2, -0.15) is 0 Å². The molecule has 0 N–H and O–H groups in total. The first-order valence-corrected chi connectivity index (χ1v) is 10.8. The van der Waals surface area contributed by atoms with Crippen LogP contribution in [-0.4, -0.2) is 43.9 Å². The van der Waals surface area contributed by atoms with Crippen molar-refractivity contribution in [1.82, 2.24) is 4.90 Å². The van der Waals surface area contributed by atoms with Crippen molar-refractivity contribution >= 4 is 11.5 Å². The summed E-state index contributed by atoms with van der Waals surface area (Å²) >= 11 is 0. The van der Waals surface area contributed by atoms with E-state index in [0.717, 1.165) is 60.7 Å². The molecule has 2 aromatic carbocycles. The SMILES string of the molecule is CCOC(=O)CC1CCN(CCC=C2c3ccccc3OCOc3ccccc32)C1. The lowest BCUT2D eigenvalue weighted by atomic mass is 9.95. The lowest BCUT2D eigenvalue weighted by Gasteiger charge is -2.21. The molecule has 1 unspecified atom stereocenters. The first kappa shape index (κ1) is 20.5. The second kappa shape index (κ2) is 9.81. The van der Waals surface area contributed by atoms with Crippen molar-refractivity contribution in [2.75, 3.05) is 33.0 Å². The predicted octanol–water partition coefficient (Wildman–Crippen LogP) is 4.51. The second-order valence-electron chi connectivity index (χ2n) is 7.77. The van der Waals surface area contributed by atoms with E-state index in [1.807, 2.05) is 43.3 Å². The van der Waals surface area contributed by atoms with Crippen molar-refractivity contribution in [3.8, 4) is 11.5 Å². The number of hydrogen-bond acceptors (Lipinski definition) is 5. The first-order chi connectivity index (χ1) is 14.7. The third-order valence-electron chi connectivity index (χ3n) is 5.71. The number of benzene rings is 2. The average Bonchev–Trinajstić information content (AvgIpc) is 3.18. The van der Waals surface area contributed by atoms with Crippen molar-refractivity contribution in [3.05, 3.63) is 65.7 Å². The van der Waals surface area contributed by atoms with Crippen molar-refractivity contribution < 1.29 is 19.0 Å². The molecule has 0 spiro atoms. The van der Waals surface area contributed by atoms with Gasteiger partial charge in [0.15, 0.2) is 0 Å². The number of carbonyl (C=O) groups excluding carboxylic acids is 1. The lowest BCUT2D eigenvalue weighted by Crippen LogP contribution is -2.22. The molecular formula is C25H29NO4. The zero-order valence-electron chi connectivity index (χ0n) is 17.5. The molecule has 158 valence electrons. The minimum atomic E-state index is -0.0748. The van der Waals surface area contributed by atoms with Crippen LogP contribution < -0.4 is 9.47 Å². The van der Waals surface area contributed by atoms with Crippen LogP contribution in [0.2, 0.25) is 0 Å². The number of esters is 1. The Hall–Kier alpha value is -2.79. The number of nitrogens with zero attached hydrogens (tertiary/aromatic N) is 1. The highest BCUT2D eigenvalue weighted by Crippen LogP contribution is 2.37. The number of ether oxygens (including phenoxy) is 3. The third-order valence-corrected chi connectivity index (χ3v) is 5.71. The standard InChI is InChI=1S/C25H29NO4/c1-2-28-25(27)16-19-13-15-26(17-19)14-7-10-20-21-8-3-5-11-23(21)29-18-30-24-12-6-4-9-22(20)24/h3-6,8-12,19H,2,7,13-18H2,1H3. The van der Waals surface area contributed by atoms with Crippen molar-refractivity contribution in [3.63, 3.8) is 0 Å². The number of hydrogen-bond donors (Lipinski definition) is 0. The second-order valence-corrected chi connectivity index (χ2v) is 7.77. The summed E-state index contributed by atoms with van der Waals surface area (Å²) in [7, 11) is 0. The predicted molar refractivity (Wildman–Crippen MR) is 117 cm³/mol. The topological polar surface area (TPSA) is 48.0 Å². The van der Waals surface area contributed by atoms with E-state index in [2.05, 4.69) is 23.1 Å². The Morgan fingerprint density at radius 3 is 2.43 bits per heavy atom. The molecule has 1 saturated heterocycles. The Morgan fingerprint density at radius 2 is 1.77 bits per heavy atom. The van der Waals surface area contributed by atoms with Crippen LogP contribution in [0.4, 0.5) is 0 Å². The maximum atomic E-state index is 11.7. The van der Waals surface area contributed by atoms with E-state index in [0.29, 0.717) is 18.9 Å². The van der Waals surface area contributed by atoms with Crippen molar-refractivity contribution in [2.24, 2.45) is 5.92 Å². The van der Waals surface area contributed by atoms with Gasteiger partial charge in [-0.1, -0.05) is 42.5 Å². The molecule has 0 bridgehead atoms. The third kappa shape index (κ3) is 4.85. The summed E-state index contributed by atoms with van der Waals surface area (Å²) in [5, 5.41) is 0. The molecule has 1 atom stereocenters. The highest BCUT2D eigenvalue weighted by molar-refractivity contribution is 5.85. The van der Waals surface area contributed by atoms with Crippen molar-refractivity contribution in [1.29, 1.82) is 0 Å². The number of likely N-dealkylation sites (tertiary alicyclic amines) is 1. The maximum Gasteiger partial charge on any atom is 0.306 e. The summed E-state index contributed by atoms with van der Waals surface area (Å²) in [6.45, 7) is 5.48. The molecule has 0 amide bonds. The largest absolute Gasteiger partial charge is 0.466 e. The smallest absolute Gasteiger partial charge is 0.306 e. The minimum Gasteiger partial charge on any atom is -0.466 e. The van der Waals surface area contributed by atoms with Gasteiger partial charge in [-0.05, 0) is 49.9 Å². The monoisotopic (exact) mass is 407 g/mol. The van der Waals surface area contributed by atoms with Crippen LogP contribution in [-0.2, 0) is 9.53 Å². The van der Waals surface area contributed by atoms with Crippen molar-refractivity contribution in [2.45, 2.75) is 26.2 Å². The Labute approximate surface area is 178 Å². The highest BCUT2D eigenvalue weighted by Gasteiger charge is 2.25. The molecule has 1 fully saturated rings. The Bertz CT molecular complexity index is 858. The van der Waals surface area contributed by atoms with Gasteiger partial charge in [-0.3, -0.25) is 4.79 Å². The fourth-order valence-electron chi connectivity index (χ4n) is 4.28. The zero-order valence-corrected chi connectivity index (χ0v) is 17.5. The molecule has 0 radical (unpaired) electrons. The Morgan fingerprint density at radius 1 is 1.10 bits per heavy atom. The van der Waals surface area contributed by atoms with E-state index >= 15 is 0 Å². The molecular weight excluding hydrogens is 378 g/mol. The van der Waals surface area contributed by atoms with E-state index < -0.39 is 0 Å². The van der Waals surface area contributed by atoms with Crippen LogP contribution >= 0.6 is 0 Å². The normalized spacial score (nSPS) is 18.3. The highest BCUT2D eigenvalue weighted by atomic mass is 16.7. The molecule has 0 aliphatic carbocycles. The fourth-order valence-corrected chi connectivity index (χ4v) is 4.28. The molecule has 2 aliphatic heterocycles. The lowest BCUT2D eigenvalue weighted by molar-refractivity contribution is -0.144. The number of para-hydroxylation sites is 2. The average molecular weight is 408 g/mol. The first-order valence-electron chi connectivity index (χ1n) is 10.8. The van der Waals surface area contributed by atoms with Crippen LogP contribution in [0, 0.1) is 5.92 Å². The van der Waals surface area contributed by atoms with E-state index in [1.54, 1.807) is 0 Å². The van der Waals surface area contributed by atoms with Gasteiger partial charge in [0.05, 0.1) is 6.61 Å². The summed E-state index contributed by atoms with van der Waals surface area (Å²) in [5.74, 6) is 2.01. The molecule has 30 heavy (non-hydrogen) atoms. The van der Waals surface area contributed by atoms with Crippen LogP contribution in [0.15, 0.2) is 54.6 Å². The number of carbonyl (C=O) groups is 1. The Kier molecular flexibility index (Phi) is 6.70. The van der Waals surface area contributed by atoms with Crippen LogP contribution in [0.25, 0.3) is 5.57 Å². The molecule has 0 aromatic heterocycles. The van der Waals surface area contributed by atoms with Crippen LogP contribution in [0.1, 0.15) is 37.3 Å². The molecule has 2 aromatic rings. The van der Waals surface area contributed by atoms with E-state index in [1.165, 1.54) is 0 Å². The van der Waals surface area contributed by atoms with Crippen LogP contribution in [0.3, 0.4) is 0 Å². The van der Waals surface area contributed by atoms with Gasteiger partial charge in [-0.15, -0.1) is 0 Å². The summed E-state index contributed by atoms with van der Waals surface area (Å²) in [5.41, 5.74) is 3.33. The molecule has 5 nitrogen and oxygen atoms in total. The van der Waals surface area contributed by atoms with Crippen LogP contribution in [0.5, 0.6) is 11.5 Å². The van der Waals surface area contributed by atoms with E-state index in [9.17, 15) is 4.79 Å². The van der Waals surface area contributed by atoms with Gasteiger partial charge in [0.25, 0.3) is 0 Å². The summed E-state index contributed by atoms with van der Waals surface area (Å²) < 4.78 is 16.8. The van der Waals surface area contributed by atoms with Gasteiger partial charge in [0, 0.05) is 30.6 Å². The van der Waals surface area contributed by atoms with Gasteiger partial charge in [0.2, 0.25) is 6.79 Å². The van der Waals surface area contributed by atoms with Gasteiger partial charge >= 0.3 is 5.97 Å². The number of fused-ring (bicyclic) bond motifs is 2. The van der Waals surface area contributed by atoms with Gasteiger partial charge in [0.1, 0.15) is 11.5 Å². The zero-order chi connectivity index (χ0) is 20.8. The summed E-state index contributed by atoms with van der Waals surface area (Å²) in [4.78, 5) is 14.2.